The first-order valence-electron chi connectivity index (χ1n) is 38.0. The van der Waals surface area contributed by atoms with Crippen molar-refractivity contribution in [3.05, 3.63) is 166 Å². The van der Waals surface area contributed by atoms with Gasteiger partial charge in [0.2, 0.25) is 0 Å². The maximum Gasteiger partial charge on any atom is 0.351 e. The quantitative estimate of drug-likeness (QED) is 0.0252. The zero-order valence-corrected chi connectivity index (χ0v) is 77.9. The van der Waals surface area contributed by atoms with Crippen molar-refractivity contribution in [3.63, 3.8) is 0 Å². The lowest BCUT2D eigenvalue weighted by atomic mass is 9.87. The SMILES string of the molecule is Cc1cn([C@H]2CC(OP(O)(=S)OC[C@H]3O[C@@H](n4cc(C)c(=O)[nH]c4=O)CC3OP(O)(=S)OC[C@H]3O[C@@H](n4ccc(N)nc4=O)CC3OP(O)(=S)OC[C@H]3O[C@@H](n4cc(C)c(=O)[nH]c4=O)CC3OP(O)(=S)OC(C)(C)C)[C@@H](COP(O)(=S)OC3C[C@H](n4ccc(N)nc4=O)O[C@@H]3COP(O)(=S)OC3C[C@H](n4ccc(N)nc4=O)O[C@@H]3CC(C)(C)C)O2)c(=O)[nH]c1=O. The summed E-state index contributed by atoms with van der Waals surface area (Å²) in [4.78, 5) is 206. The lowest BCUT2D eigenvalue weighted by Gasteiger charge is -2.29. The number of nitrogen functional groups attached to an aromatic ring is 3. The number of nitrogens with one attached hydrogen (secondary N) is 3. The molecule has 0 aliphatic carbocycles. The topological polar surface area (TPSA) is 635 Å². The van der Waals surface area contributed by atoms with E-state index in [-0.39, 0.29) is 71.7 Å². The molecule has 12 unspecified atom stereocenters. The van der Waals surface area contributed by atoms with Gasteiger partial charge in [0, 0.05) is 92.4 Å². The largest absolute Gasteiger partial charge is 0.383 e. The molecule has 6 fully saturated rings. The van der Waals surface area contributed by atoms with Gasteiger partial charge in [0.05, 0.1) is 81.4 Å². The zero-order valence-electron chi connectivity index (χ0n) is 67.7. The van der Waals surface area contributed by atoms with Gasteiger partial charge in [-0.25, -0.2) is 28.8 Å². The number of nitrogens with two attached hydrogens (primary N) is 3. The first-order valence-corrected chi connectivity index (χ1v) is 53.6. The predicted molar refractivity (Wildman–Crippen MR) is 461 cm³/mol. The summed E-state index contributed by atoms with van der Waals surface area (Å²) in [5.41, 5.74) is 8.84. The lowest BCUT2D eigenvalue weighted by Crippen LogP contribution is -2.33. The van der Waals surface area contributed by atoms with E-state index in [1.807, 2.05) is 20.8 Å². The van der Waals surface area contributed by atoms with Crippen molar-refractivity contribution in [3.8, 4) is 0 Å². The Morgan fingerprint density at radius 3 is 0.816 bits per heavy atom. The van der Waals surface area contributed by atoms with Crippen LogP contribution in [0.1, 0.15) is 141 Å². The van der Waals surface area contributed by atoms with Crippen molar-refractivity contribution < 1.29 is 112 Å². The molecule has 125 heavy (non-hydrogen) atoms. The molecule has 0 aromatic carbocycles. The average molecular weight is 1990 g/mol. The second-order valence-corrected chi connectivity index (χ2v) is 48.5. The number of ether oxygens (including phenoxy) is 6. The summed E-state index contributed by atoms with van der Waals surface area (Å²) >= 11 is 33.2. The van der Waals surface area contributed by atoms with Gasteiger partial charge in [-0.2, -0.15) is 15.0 Å². The molecule has 12 heterocycles. The van der Waals surface area contributed by atoms with E-state index in [1.54, 1.807) is 20.8 Å². The molecule has 15 N–H and O–H groups in total. The van der Waals surface area contributed by atoms with Crippen molar-refractivity contribution in [1.82, 2.24) is 57.3 Å². The molecule has 0 bridgehead atoms. The van der Waals surface area contributed by atoms with Gasteiger partial charge in [-0.15, -0.1) is 0 Å². The molecule has 12 rings (SSSR count). The Bertz CT molecular complexity index is 5890. The van der Waals surface area contributed by atoms with Crippen molar-refractivity contribution in [1.29, 1.82) is 0 Å². The maximum absolute atomic E-state index is 13.5. The Morgan fingerprint density at radius 2 is 0.592 bits per heavy atom. The number of H-pyrrole nitrogens is 3. The molecular weight excluding hydrogens is 1900 g/mol. The fourth-order valence-corrected chi connectivity index (χ4v) is 23.8. The summed E-state index contributed by atoms with van der Waals surface area (Å²) in [6.07, 6.45) is -16.8. The van der Waals surface area contributed by atoms with Crippen LogP contribution in [0.4, 0.5) is 17.5 Å². The number of hydrogen-bond donors (Lipinski definition) is 12. The van der Waals surface area contributed by atoms with Crippen LogP contribution < -0.4 is 68.0 Å². The fourth-order valence-electron chi connectivity index (χ4n) is 14.1. The van der Waals surface area contributed by atoms with Crippen molar-refractivity contribution in [2.75, 3.05) is 50.2 Å². The van der Waals surface area contributed by atoms with Crippen LogP contribution in [0.25, 0.3) is 0 Å². The number of anilines is 3. The fraction of sp³-hybridized carbons (Fsp3) is 0.631. The third kappa shape index (κ3) is 26.3. The molecule has 60 heteroatoms. The van der Waals surface area contributed by atoms with Crippen LogP contribution in [-0.2, 0) is 154 Å². The molecule has 6 aromatic heterocycles. The van der Waals surface area contributed by atoms with Crippen LogP contribution in [-0.4, -0.2) is 199 Å². The van der Waals surface area contributed by atoms with Crippen molar-refractivity contribution >= 4 is 129 Å². The van der Waals surface area contributed by atoms with Gasteiger partial charge >= 0.3 is 74.5 Å². The Labute approximate surface area is 738 Å². The van der Waals surface area contributed by atoms with Crippen LogP contribution in [0.3, 0.4) is 0 Å². The van der Waals surface area contributed by atoms with E-state index in [0.717, 1.165) is 22.8 Å². The first kappa shape index (κ1) is 99.0. The van der Waals surface area contributed by atoms with Gasteiger partial charge in [-0.1, -0.05) is 20.8 Å². The number of rotatable bonds is 35. The molecule has 48 nitrogen and oxygen atoms in total. The average Bonchev–Trinajstić information content (AvgIpc) is 1.66. The van der Waals surface area contributed by atoms with E-state index >= 15 is 0 Å². The molecule has 6 saturated heterocycles. The number of aromatic nitrogens is 12. The van der Waals surface area contributed by atoms with Crippen LogP contribution in [0.2, 0.25) is 0 Å². The maximum atomic E-state index is 13.5. The molecule has 692 valence electrons. The molecule has 0 radical (unpaired) electrons. The first-order chi connectivity index (χ1) is 58.1. The molecule has 0 amide bonds. The highest BCUT2D eigenvalue weighted by atomic mass is 32.5. The van der Waals surface area contributed by atoms with Gasteiger partial charge in [-0.05, 0) is 142 Å². The highest BCUT2D eigenvalue weighted by Gasteiger charge is 2.51. The monoisotopic (exact) mass is 1990 g/mol. The Hall–Kier alpha value is -4.98. The second kappa shape index (κ2) is 39.4. The van der Waals surface area contributed by atoms with E-state index in [1.165, 1.54) is 80.7 Å². The Balaban J connectivity index is 0.742. The summed E-state index contributed by atoms with van der Waals surface area (Å²) in [6.45, 7) is -15.9. The second-order valence-electron chi connectivity index (χ2n) is 31.9. The Kier molecular flexibility index (Phi) is 31.2. The van der Waals surface area contributed by atoms with Gasteiger partial charge in [0.1, 0.15) is 85.3 Å². The summed E-state index contributed by atoms with van der Waals surface area (Å²) in [7, 11) is 0. The highest BCUT2D eigenvalue weighted by Crippen LogP contribution is 2.58. The molecule has 24 atom stereocenters. The van der Waals surface area contributed by atoms with Gasteiger partial charge in [0.25, 0.3) is 16.7 Å². The van der Waals surface area contributed by atoms with Crippen LogP contribution in [0.15, 0.2) is 98.5 Å². The van der Waals surface area contributed by atoms with E-state index < -0.39 is 247 Å². The third-order valence-corrected chi connectivity index (χ3v) is 29.5. The van der Waals surface area contributed by atoms with Crippen LogP contribution in [0.5, 0.6) is 0 Å². The normalized spacial score (nSPS) is 29.6. The predicted octanol–water partition coefficient (Wildman–Crippen LogP) is 1.75. The van der Waals surface area contributed by atoms with E-state index in [4.69, 9.17) is 171 Å². The number of aryl methyl sites for hydroxylation is 3. The molecule has 6 aliphatic rings. The van der Waals surface area contributed by atoms with E-state index in [9.17, 15) is 72.5 Å². The van der Waals surface area contributed by atoms with Crippen LogP contribution in [0, 0.1) is 26.2 Å². The van der Waals surface area contributed by atoms with Gasteiger partial charge < -0.3 is 129 Å². The smallest absolute Gasteiger partial charge is 0.351 e. The van der Waals surface area contributed by atoms with E-state index in [2.05, 4.69) is 29.9 Å². The molecule has 6 aliphatic heterocycles. The van der Waals surface area contributed by atoms with Crippen molar-refractivity contribution in [2.45, 2.75) is 223 Å². The number of hydrogen-bond acceptors (Lipinski definition) is 39. The summed E-state index contributed by atoms with van der Waals surface area (Å²) in [5, 5.41) is 0. The Morgan fingerprint density at radius 1 is 0.376 bits per heavy atom. The zero-order chi connectivity index (χ0) is 91.3. The lowest BCUT2D eigenvalue weighted by molar-refractivity contribution is -0.0581. The van der Waals surface area contributed by atoms with Crippen LogP contribution >= 0.6 is 40.3 Å². The summed E-state index contributed by atoms with van der Waals surface area (Å²) < 4.78 is 116. The minimum Gasteiger partial charge on any atom is -0.383 e. The molecular formula is C65H93N15O33P6S6. The molecule has 0 saturated carbocycles. The standard InChI is InChI=1S/C65H93N15O33P6S6/c1-31-23-78(61(87)72-55(31)81)52-19-37(110-117(93,123)97-27-42-36(18-51(103-42)77-15-12-48(68)71-60(77)86)109-116(92,122)100-30-45-39(112-119(95,125)113-65(7,8)9)21-54(106-45)80-25-33(3)57(83)74-63(80)89)44(105-52)29-99-118(94,124)111-38-20-53(79-24-32(2)56(82)73-62(79)88)104-43(38)28-98-115(91,121)108-35-17-50(76-14-11-47(67)70-59(76)85)102-41(35)26-96-114(90,120)107-34-16-49(101-40(34)22-64(4,5)6)75-13-10-46(66)69-58(75)84/h10-15,23-25,34-45,49-54H,16-22,26-30H2,1-9H3,(H,90,120)(H,91,121)(H,92,122)(H,93,123)(H,94,124)(H,95,125)(H2,66,69,84)(H2,67,70,85)(H2,68,71,86)(H,72,81,87)(H,73,82,88)(H,74,83,89)/t34?,35?,36?,37?,38?,39?,40-,41-,42-,43-,44-,45-,49-,50-,51-,52-,53-,54-,114?,115?,116?,117?,118?,119?/m1/s1. The van der Waals surface area contributed by atoms with Gasteiger partial charge in [-0.3, -0.25) is 56.7 Å². The van der Waals surface area contributed by atoms with Crippen molar-refractivity contribution in [2.24, 2.45) is 5.41 Å². The minimum atomic E-state index is -4.73. The number of nitrogens with zero attached hydrogens (tertiary/aromatic N) is 9. The highest BCUT2D eigenvalue weighted by molar-refractivity contribution is 8.08. The van der Waals surface area contributed by atoms with E-state index in [0.29, 0.717) is 6.42 Å². The number of aromatic amines is 3. The summed E-state index contributed by atoms with van der Waals surface area (Å²) in [5.74, 6) is -0.297. The molecule has 6 aromatic rings. The summed E-state index contributed by atoms with van der Waals surface area (Å²) in [6, 6.07) is 4.01. The van der Waals surface area contributed by atoms with Gasteiger partial charge in [0.15, 0.2) is 0 Å². The molecule has 0 spiro atoms. The minimum absolute atomic E-state index is 0.00234. The third-order valence-electron chi connectivity index (χ3n) is 19.8.